The quantitative estimate of drug-likeness (QED) is 0.346. The lowest BCUT2D eigenvalue weighted by Gasteiger charge is -2.16. The van der Waals surface area contributed by atoms with Gasteiger partial charge in [-0.05, 0) is 48.7 Å². The molecule has 3 rings (SSSR count). The normalized spacial score (nSPS) is 10.2. The summed E-state index contributed by atoms with van der Waals surface area (Å²) >= 11 is 10.3. The number of para-hydroxylation sites is 2. The van der Waals surface area contributed by atoms with Crippen LogP contribution in [0.15, 0.2) is 36.4 Å². The Bertz CT molecular complexity index is 1080. The van der Waals surface area contributed by atoms with Gasteiger partial charge in [0.25, 0.3) is 0 Å². The van der Waals surface area contributed by atoms with Gasteiger partial charge in [0.05, 0.1) is 47.7 Å². The molecular weight excluding hydrogens is 428 g/mol. The molecule has 0 spiro atoms. The Labute approximate surface area is 181 Å². The molecule has 0 unspecified atom stereocenters. The van der Waals surface area contributed by atoms with Gasteiger partial charge in [0, 0.05) is 0 Å². The number of benzene rings is 2. The van der Waals surface area contributed by atoms with Gasteiger partial charge in [-0.1, -0.05) is 12.1 Å². The number of fused-ring (bicyclic) bond motifs is 2. The van der Waals surface area contributed by atoms with E-state index in [1.54, 1.807) is 12.1 Å². The van der Waals surface area contributed by atoms with Crippen molar-refractivity contribution >= 4 is 80.3 Å². The Morgan fingerprint density at radius 1 is 0.767 bits per heavy atom. The highest BCUT2D eigenvalue weighted by Crippen LogP contribution is 2.28. The fourth-order valence-corrected chi connectivity index (χ4v) is 2.86. The summed E-state index contributed by atoms with van der Waals surface area (Å²) in [7, 11) is 2.44. The highest BCUT2D eigenvalue weighted by Gasteiger charge is 2.13. The minimum absolute atomic E-state index is 0.00940. The number of nitrogens with zero attached hydrogens (tertiary/aromatic N) is 2. The predicted molar refractivity (Wildman–Crippen MR) is 121 cm³/mol. The third-order valence-corrected chi connectivity index (χ3v) is 4.18. The van der Waals surface area contributed by atoms with Crippen LogP contribution in [0, 0.1) is 0 Å². The lowest BCUT2D eigenvalue weighted by Crippen LogP contribution is -2.35. The Morgan fingerprint density at radius 3 is 1.53 bits per heavy atom. The zero-order valence-electron chi connectivity index (χ0n) is 15.8. The summed E-state index contributed by atoms with van der Waals surface area (Å²) < 4.78 is 9.06. The van der Waals surface area contributed by atoms with Crippen molar-refractivity contribution in [3.8, 4) is 0 Å². The summed E-state index contributed by atoms with van der Waals surface area (Å²) in [6.07, 6.45) is -1.45. The SMILES string of the molecule is COC(=O)NC(=S)Nc1cc2nc3ccccc3nc2cc1NC(=S)NC(=O)OC. The molecule has 0 saturated carbocycles. The van der Waals surface area contributed by atoms with Gasteiger partial charge in [-0.3, -0.25) is 10.6 Å². The number of thiocarbonyl (C=S) groups is 2. The Kier molecular flexibility index (Phi) is 6.49. The molecule has 0 atom stereocenters. The van der Waals surface area contributed by atoms with E-state index in [0.29, 0.717) is 22.4 Å². The molecule has 0 aliphatic heterocycles. The van der Waals surface area contributed by atoms with E-state index >= 15 is 0 Å². The molecule has 3 aromatic rings. The first-order valence-corrected chi connectivity index (χ1v) is 9.23. The molecule has 1 heterocycles. The van der Waals surface area contributed by atoms with Crippen molar-refractivity contribution in [3.63, 3.8) is 0 Å². The standard InChI is InChI=1S/C18H16N6O4S2/c1-27-17(25)23-15(29)21-13-7-11-12(20-10-6-4-3-5-9(10)19-11)8-14(13)22-16(30)24-18(26)28-2/h3-8H,1-2H3,(H2,21,23,25,29)(H2,22,24,26,30). The summed E-state index contributed by atoms with van der Waals surface area (Å²) in [6.45, 7) is 0. The first kappa shape index (κ1) is 21.1. The molecule has 30 heavy (non-hydrogen) atoms. The van der Waals surface area contributed by atoms with Gasteiger partial charge in [0.2, 0.25) is 0 Å². The summed E-state index contributed by atoms with van der Waals surface area (Å²) in [6, 6.07) is 10.8. The summed E-state index contributed by atoms with van der Waals surface area (Å²) in [5.74, 6) is 0. The topological polar surface area (TPSA) is 127 Å². The fraction of sp³-hybridized carbons (Fsp3) is 0.111. The maximum Gasteiger partial charge on any atom is 0.413 e. The van der Waals surface area contributed by atoms with Gasteiger partial charge >= 0.3 is 12.2 Å². The largest absolute Gasteiger partial charge is 0.453 e. The molecular formula is C18H16N6O4S2. The number of aromatic nitrogens is 2. The maximum atomic E-state index is 11.4. The molecule has 2 amide bonds. The van der Waals surface area contributed by atoms with Crippen molar-refractivity contribution in [2.45, 2.75) is 0 Å². The van der Waals surface area contributed by atoms with Crippen molar-refractivity contribution in [2.24, 2.45) is 0 Å². The van der Waals surface area contributed by atoms with Crippen LogP contribution < -0.4 is 21.3 Å². The molecule has 0 aliphatic rings. The predicted octanol–water partition coefficient (Wildman–Crippen LogP) is 2.89. The van der Waals surface area contributed by atoms with E-state index in [1.165, 1.54) is 14.2 Å². The highest BCUT2D eigenvalue weighted by atomic mass is 32.1. The number of amides is 2. The van der Waals surface area contributed by atoms with Gasteiger partial charge < -0.3 is 20.1 Å². The molecule has 0 aliphatic carbocycles. The van der Waals surface area contributed by atoms with Crippen molar-refractivity contribution in [2.75, 3.05) is 24.9 Å². The molecule has 10 nitrogen and oxygen atoms in total. The van der Waals surface area contributed by atoms with Crippen LogP contribution in [0.3, 0.4) is 0 Å². The van der Waals surface area contributed by atoms with Gasteiger partial charge in [-0.2, -0.15) is 0 Å². The number of carbonyl (C=O) groups excluding carboxylic acids is 2. The molecule has 12 heteroatoms. The minimum Gasteiger partial charge on any atom is -0.453 e. The van der Waals surface area contributed by atoms with Crippen LogP contribution in [0.5, 0.6) is 0 Å². The van der Waals surface area contributed by atoms with Crippen molar-refractivity contribution in [1.29, 1.82) is 0 Å². The number of alkyl carbamates (subject to hydrolysis) is 2. The lowest BCUT2D eigenvalue weighted by atomic mass is 10.2. The van der Waals surface area contributed by atoms with Crippen LogP contribution in [0.4, 0.5) is 21.0 Å². The Balaban J connectivity index is 2.01. The first-order valence-electron chi connectivity index (χ1n) is 8.42. The first-order chi connectivity index (χ1) is 14.4. The number of nitrogens with one attached hydrogen (secondary N) is 4. The second-order valence-electron chi connectivity index (χ2n) is 5.74. The smallest absolute Gasteiger partial charge is 0.413 e. The Morgan fingerprint density at radius 2 is 1.17 bits per heavy atom. The Hall–Kier alpha value is -3.64. The number of hydrogen-bond donors (Lipinski definition) is 4. The number of hydrogen-bond acceptors (Lipinski definition) is 8. The molecule has 4 N–H and O–H groups in total. The number of anilines is 2. The van der Waals surface area contributed by atoms with Gasteiger partial charge in [-0.15, -0.1) is 0 Å². The lowest BCUT2D eigenvalue weighted by molar-refractivity contribution is 0.176. The monoisotopic (exact) mass is 444 g/mol. The number of rotatable bonds is 2. The van der Waals surface area contributed by atoms with E-state index in [-0.39, 0.29) is 10.2 Å². The van der Waals surface area contributed by atoms with Crippen molar-refractivity contribution < 1.29 is 19.1 Å². The summed E-state index contributed by atoms with van der Waals surface area (Å²) in [5.41, 5.74) is 3.46. The van der Waals surface area contributed by atoms with Gasteiger partial charge in [0.15, 0.2) is 10.2 Å². The number of methoxy groups -OCH3 is 2. The van der Waals surface area contributed by atoms with E-state index in [4.69, 9.17) is 24.4 Å². The molecule has 0 fully saturated rings. The maximum absolute atomic E-state index is 11.4. The third-order valence-electron chi connectivity index (χ3n) is 3.78. The van der Waals surface area contributed by atoms with Gasteiger partial charge in [-0.25, -0.2) is 19.6 Å². The molecule has 0 bridgehead atoms. The van der Waals surface area contributed by atoms with E-state index in [9.17, 15) is 9.59 Å². The second-order valence-corrected chi connectivity index (χ2v) is 6.56. The highest BCUT2D eigenvalue weighted by molar-refractivity contribution is 7.80. The summed E-state index contributed by atoms with van der Waals surface area (Å²) in [4.78, 5) is 32.0. The van der Waals surface area contributed by atoms with Crippen LogP contribution in [0.25, 0.3) is 22.1 Å². The second kappa shape index (κ2) is 9.24. The van der Waals surface area contributed by atoms with E-state index in [2.05, 4.69) is 40.7 Å². The van der Waals surface area contributed by atoms with Crippen molar-refractivity contribution in [1.82, 2.24) is 20.6 Å². The van der Waals surface area contributed by atoms with E-state index < -0.39 is 12.2 Å². The molecule has 0 saturated heterocycles. The number of ether oxygens (including phenoxy) is 2. The average molecular weight is 444 g/mol. The minimum atomic E-state index is -0.725. The van der Waals surface area contributed by atoms with Crippen LogP contribution in [0.2, 0.25) is 0 Å². The van der Waals surface area contributed by atoms with Crippen LogP contribution >= 0.6 is 24.4 Å². The number of carbonyl (C=O) groups is 2. The van der Waals surface area contributed by atoms with Crippen LogP contribution in [0.1, 0.15) is 0 Å². The van der Waals surface area contributed by atoms with E-state index in [1.807, 2.05) is 24.3 Å². The summed E-state index contributed by atoms with van der Waals surface area (Å²) in [5, 5.41) is 10.4. The molecule has 0 radical (unpaired) electrons. The van der Waals surface area contributed by atoms with Crippen LogP contribution in [-0.4, -0.2) is 46.6 Å². The third kappa shape index (κ3) is 5.04. The molecule has 154 valence electrons. The van der Waals surface area contributed by atoms with Gasteiger partial charge in [0.1, 0.15) is 0 Å². The zero-order chi connectivity index (χ0) is 21.7. The van der Waals surface area contributed by atoms with Crippen LogP contribution in [-0.2, 0) is 9.47 Å². The van der Waals surface area contributed by atoms with Crippen molar-refractivity contribution in [3.05, 3.63) is 36.4 Å². The fourth-order valence-electron chi connectivity index (χ4n) is 2.47. The molecule has 2 aromatic carbocycles. The molecule has 1 aromatic heterocycles. The average Bonchev–Trinajstić information content (AvgIpc) is 2.72. The zero-order valence-corrected chi connectivity index (χ0v) is 17.4. The van der Waals surface area contributed by atoms with E-state index in [0.717, 1.165) is 11.0 Å².